The van der Waals surface area contributed by atoms with Gasteiger partial charge in [-0.15, -0.1) is 0 Å². The lowest BCUT2D eigenvalue weighted by Gasteiger charge is -2.30. The van der Waals surface area contributed by atoms with E-state index in [1.54, 1.807) is 28.8 Å². The Morgan fingerprint density at radius 3 is 2.33 bits per heavy atom. The molecule has 0 N–H and O–H groups in total. The monoisotopic (exact) mass is 499 g/mol. The number of nitrogens with zero attached hydrogens (tertiary/aromatic N) is 1. The van der Waals surface area contributed by atoms with Gasteiger partial charge in [0, 0.05) is 26.8 Å². The van der Waals surface area contributed by atoms with E-state index in [4.69, 9.17) is 13.9 Å². The fourth-order valence-electron chi connectivity index (χ4n) is 4.72. The molecule has 2 aliphatic rings. The van der Waals surface area contributed by atoms with E-state index in [0.29, 0.717) is 11.3 Å². The van der Waals surface area contributed by atoms with Crippen LogP contribution in [0.4, 0.5) is 11.4 Å². The van der Waals surface area contributed by atoms with E-state index in [1.165, 1.54) is 0 Å². The third-order valence-corrected chi connectivity index (χ3v) is 7.47. The van der Waals surface area contributed by atoms with E-state index in [9.17, 15) is 14.4 Å². The van der Waals surface area contributed by atoms with E-state index in [2.05, 4.69) is 0 Å². The second kappa shape index (κ2) is 9.20. The Morgan fingerprint density at radius 1 is 0.889 bits per heavy atom. The van der Waals surface area contributed by atoms with Crippen LogP contribution in [-0.4, -0.2) is 25.1 Å². The molecule has 0 atom stereocenters. The highest BCUT2D eigenvalue weighted by atomic mass is 32.2. The zero-order valence-corrected chi connectivity index (χ0v) is 20.0. The summed E-state index contributed by atoms with van der Waals surface area (Å²) in [5.74, 6) is -0.653. The largest absolute Gasteiger partial charge is 0.482 e. The molecule has 8 heteroatoms. The summed E-state index contributed by atoms with van der Waals surface area (Å²) in [6.45, 7) is -0.800. The summed E-state index contributed by atoms with van der Waals surface area (Å²) in [5, 5.41) is 0.892. The number of amides is 1. The molecule has 0 saturated carbocycles. The summed E-state index contributed by atoms with van der Waals surface area (Å²) in [6.07, 6.45) is 2.53. The van der Waals surface area contributed by atoms with Crippen LogP contribution < -0.4 is 15.3 Å². The topological polar surface area (TPSA) is 86.0 Å². The molecule has 1 aliphatic heterocycles. The van der Waals surface area contributed by atoms with Gasteiger partial charge in [0.25, 0.3) is 5.91 Å². The zero-order valence-electron chi connectivity index (χ0n) is 19.2. The van der Waals surface area contributed by atoms with Gasteiger partial charge in [-0.05, 0) is 61.2 Å². The number of carbonyl (C=O) groups is 2. The molecule has 6 rings (SSSR count). The van der Waals surface area contributed by atoms with Crippen molar-refractivity contribution in [1.29, 1.82) is 0 Å². The highest BCUT2D eigenvalue weighted by Gasteiger charge is 2.28. The molecule has 0 unspecified atom stereocenters. The van der Waals surface area contributed by atoms with E-state index in [0.717, 1.165) is 56.9 Å². The van der Waals surface area contributed by atoms with Crippen LogP contribution in [0.3, 0.4) is 0 Å². The maximum atomic E-state index is 13.1. The SMILES string of the molecule is O=C(COc1ccc2c3c(c(=O)oc2c1)CCC3)OCC(=O)N1c2ccccc2Sc2ccccc21. The molecule has 180 valence electrons. The standard InChI is InChI=1S/C28H21NO6S/c30-26(29-21-8-1-3-10-24(21)36-25-11-4-2-9-22(25)29)15-34-27(31)16-33-17-12-13-19-18-6-5-7-20(18)28(32)35-23(19)14-17/h1-4,8-14H,5-7,15-16H2. The maximum absolute atomic E-state index is 13.1. The van der Waals surface area contributed by atoms with Gasteiger partial charge in [0.2, 0.25) is 0 Å². The first-order chi connectivity index (χ1) is 17.6. The van der Waals surface area contributed by atoms with E-state index in [-0.39, 0.29) is 18.1 Å². The van der Waals surface area contributed by atoms with Gasteiger partial charge in [-0.1, -0.05) is 36.0 Å². The second-order valence-electron chi connectivity index (χ2n) is 8.57. The Kier molecular flexibility index (Phi) is 5.73. The first-order valence-corrected chi connectivity index (χ1v) is 12.5. The van der Waals surface area contributed by atoms with Crippen molar-refractivity contribution in [2.24, 2.45) is 0 Å². The number of anilines is 2. The number of fused-ring (bicyclic) bond motifs is 5. The molecule has 0 fully saturated rings. The quantitative estimate of drug-likeness (QED) is 0.281. The van der Waals surface area contributed by atoms with Crippen molar-refractivity contribution in [3.8, 4) is 5.75 Å². The van der Waals surface area contributed by atoms with Crippen molar-refractivity contribution in [1.82, 2.24) is 0 Å². The number of rotatable bonds is 5. The molecule has 2 heterocycles. The number of hydrogen-bond acceptors (Lipinski definition) is 7. The number of esters is 1. The Labute approximate surface area is 210 Å². The van der Waals surface area contributed by atoms with Gasteiger partial charge >= 0.3 is 11.6 Å². The van der Waals surface area contributed by atoms with E-state index >= 15 is 0 Å². The highest BCUT2D eigenvalue weighted by Crippen LogP contribution is 2.47. The molecule has 0 radical (unpaired) electrons. The molecule has 1 aliphatic carbocycles. The van der Waals surface area contributed by atoms with Crippen LogP contribution in [0.1, 0.15) is 17.5 Å². The lowest BCUT2D eigenvalue weighted by atomic mass is 10.1. The van der Waals surface area contributed by atoms with Gasteiger partial charge in [-0.3, -0.25) is 9.69 Å². The van der Waals surface area contributed by atoms with Crippen molar-refractivity contribution in [2.75, 3.05) is 18.1 Å². The first-order valence-electron chi connectivity index (χ1n) is 11.6. The molecular weight excluding hydrogens is 478 g/mol. The first kappa shape index (κ1) is 22.4. The summed E-state index contributed by atoms with van der Waals surface area (Å²) < 4.78 is 16.3. The number of carbonyl (C=O) groups excluding carboxylic acids is 2. The molecule has 7 nitrogen and oxygen atoms in total. The predicted octanol–water partition coefficient (Wildman–Crippen LogP) is 5.03. The van der Waals surface area contributed by atoms with Crippen molar-refractivity contribution in [3.05, 3.63) is 88.3 Å². The van der Waals surface area contributed by atoms with Crippen LogP contribution in [0.15, 0.2) is 85.7 Å². The Morgan fingerprint density at radius 2 is 1.58 bits per heavy atom. The summed E-state index contributed by atoms with van der Waals surface area (Å²) in [4.78, 5) is 41.2. The fraction of sp³-hybridized carbons (Fsp3) is 0.179. The molecule has 1 amide bonds. The Hall–Kier alpha value is -4.04. The lowest BCUT2D eigenvalue weighted by Crippen LogP contribution is -2.33. The van der Waals surface area contributed by atoms with Crippen molar-refractivity contribution >= 4 is 46.0 Å². The summed E-state index contributed by atoms with van der Waals surface area (Å²) in [7, 11) is 0. The van der Waals surface area contributed by atoms with Crippen LogP contribution >= 0.6 is 11.8 Å². The van der Waals surface area contributed by atoms with Gasteiger partial charge in [-0.25, -0.2) is 9.59 Å². The molecule has 0 saturated heterocycles. The van der Waals surface area contributed by atoms with E-state index < -0.39 is 12.6 Å². The zero-order chi connectivity index (χ0) is 24.6. The van der Waals surface area contributed by atoms with Crippen LogP contribution in [-0.2, 0) is 27.2 Å². The minimum absolute atomic E-state index is 0.315. The minimum Gasteiger partial charge on any atom is -0.482 e. The van der Waals surface area contributed by atoms with Crippen molar-refractivity contribution in [3.63, 3.8) is 0 Å². The molecular formula is C28H21NO6S. The average Bonchev–Trinajstić information content (AvgIpc) is 3.40. The van der Waals surface area contributed by atoms with Gasteiger partial charge in [-0.2, -0.15) is 0 Å². The molecule has 36 heavy (non-hydrogen) atoms. The number of aryl methyl sites for hydroxylation is 1. The molecule has 0 spiro atoms. The van der Waals surface area contributed by atoms with Crippen LogP contribution in [0.5, 0.6) is 5.75 Å². The average molecular weight is 500 g/mol. The van der Waals surface area contributed by atoms with Crippen molar-refractivity contribution < 1.29 is 23.5 Å². The van der Waals surface area contributed by atoms with Gasteiger partial charge < -0.3 is 13.9 Å². The third-order valence-electron chi connectivity index (χ3n) is 6.34. The normalized spacial score (nSPS) is 13.6. The van der Waals surface area contributed by atoms with Crippen LogP contribution in [0, 0.1) is 0 Å². The summed E-state index contributed by atoms with van der Waals surface area (Å²) >= 11 is 1.59. The van der Waals surface area contributed by atoms with Crippen LogP contribution in [0.2, 0.25) is 0 Å². The van der Waals surface area contributed by atoms with Crippen molar-refractivity contribution in [2.45, 2.75) is 29.1 Å². The molecule has 0 bridgehead atoms. The van der Waals surface area contributed by atoms with Gasteiger partial charge in [0.05, 0.1) is 11.4 Å². The Bertz CT molecular complexity index is 1530. The number of hydrogen-bond donors (Lipinski definition) is 0. The van der Waals surface area contributed by atoms with Crippen LogP contribution in [0.25, 0.3) is 11.0 Å². The number of ether oxygens (including phenoxy) is 2. The fourth-order valence-corrected chi connectivity index (χ4v) is 5.78. The van der Waals surface area contributed by atoms with Gasteiger partial charge in [0.15, 0.2) is 13.2 Å². The molecule has 1 aromatic heterocycles. The number of para-hydroxylation sites is 2. The summed E-state index contributed by atoms with van der Waals surface area (Å²) in [6, 6.07) is 20.4. The maximum Gasteiger partial charge on any atom is 0.344 e. The molecule has 3 aromatic carbocycles. The number of benzene rings is 3. The lowest BCUT2D eigenvalue weighted by molar-refractivity contribution is -0.149. The Balaban J connectivity index is 1.12. The highest BCUT2D eigenvalue weighted by molar-refractivity contribution is 7.99. The predicted molar refractivity (Wildman–Crippen MR) is 135 cm³/mol. The van der Waals surface area contributed by atoms with E-state index in [1.807, 2.05) is 54.6 Å². The summed E-state index contributed by atoms with van der Waals surface area (Å²) in [5.41, 5.74) is 3.41. The molecule has 4 aromatic rings. The smallest absolute Gasteiger partial charge is 0.344 e. The minimum atomic E-state index is -0.674. The van der Waals surface area contributed by atoms with Gasteiger partial charge in [0.1, 0.15) is 11.3 Å². The third kappa shape index (κ3) is 4.03. The second-order valence-corrected chi connectivity index (χ2v) is 9.66.